The molecule has 0 saturated carbocycles. The molecule has 0 radical (unpaired) electrons. The smallest absolute Gasteiger partial charge is 0.121 e. The van der Waals surface area contributed by atoms with Crippen molar-refractivity contribution in [3.63, 3.8) is 0 Å². The third-order valence-corrected chi connectivity index (χ3v) is 2.86. The first kappa shape index (κ1) is 14.3. The highest BCUT2D eigenvalue weighted by Gasteiger charge is 1.98. The molecular formula is C16H21N3O. The molecule has 1 heterocycles. The van der Waals surface area contributed by atoms with Crippen molar-refractivity contribution in [1.29, 1.82) is 0 Å². The van der Waals surface area contributed by atoms with Gasteiger partial charge in [0.15, 0.2) is 0 Å². The molecule has 0 saturated heterocycles. The first-order valence-corrected chi connectivity index (χ1v) is 6.74. The minimum Gasteiger partial charge on any atom is -0.492 e. The molecule has 0 aliphatic carbocycles. The second kappa shape index (κ2) is 7.50. The average Bonchev–Trinajstić information content (AvgIpc) is 2.46. The van der Waals surface area contributed by atoms with Gasteiger partial charge in [-0.25, -0.2) is 0 Å². The lowest BCUT2D eigenvalue weighted by atomic mass is 10.2. The van der Waals surface area contributed by atoms with Gasteiger partial charge in [-0.15, -0.1) is 0 Å². The van der Waals surface area contributed by atoms with Crippen LogP contribution in [0.5, 0.6) is 5.75 Å². The standard InChI is InChI=1S/C16H21N3O/c1-19(2)9-10-20-16-7-3-6-15(11-16)18-13-14-5-4-8-17-12-14/h3-8,11-12,18H,9-10,13H2,1-2H3. The van der Waals surface area contributed by atoms with Crippen LogP contribution in [-0.2, 0) is 6.54 Å². The summed E-state index contributed by atoms with van der Waals surface area (Å²) in [5.41, 5.74) is 2.21. The number of nitrogens with one attached hydrogen (secondary N) is 1. The zero-order chi connectivity index (χ0) is 14.2. The van der Waals surface area contributed by atoms with Gasteiger partial charge in [0.05, 0.1) is 0 Å². The molecule has 0 bridgehead atoms. The number of hydrogen-bond donors (Lipinski definition) is 1. The molecule has 0 fully saturated rings. The second-order valence-corrected chi connectivity index (χ2v) is 4.89. The molecule has 1 aromatic carbocycles. The van der Waals surface area contributed by atoms with Crippen LogP contribution in [0.4, 0.5) is 5.69 Å². The molecule has 2 rings (SSSR count). The molecule has 1 aromatic heterocycles. The van der Waals surface area contributed by atoms with Gasteiger partial charge < -0.3 is 15.0 Å². The van der Waals surface area contributed by atoms with Gasteiger partial charge in [0, 0.05) is 37.2 Å². The summed E-state index contributed by atoms with van der Waals surface area (Å²) in [6.45, 7) is 2.36. The molecule has 4 heteroatoms. The summed E-state index contributed by atoms with van der Waals surface area (Å²) in [6.07, 6.45) is 3.65. The Morgan fingerprint density at radius 2 is 2.10 bits per heavy atom. The van der Waals surface area contributed by atoms with Crippen LogP contribution in [0.25, 0.3) is 0 Å². The Kier molecular flexibility index (Phi) is 5.38. The van der Waals surface area contributed by atoms with Crippen molar-refractivity contribution < 1.29 is 4.74 Å². The molecule has 0 aliphatic heterocycles. The summed E-state index contributed by atoms with van der Waals surface area (Å²) in [5, 5.41) is 3.37. The third-order valence-electron chi connectivity index (χ3n) is 2.86. The molecular weight excluding hydrogens is 250 g/mol. The monoisotopic (exact) mass is 271 g/mol. The highest BCUT2D eigenvalue weighted by atomic mass is 16.5. The van der Waals surface area contributed by atoms with Crippen LogP contribution in [0, 0.1) is 0 Å². The quantitative estimate of drug-likeness (QED) is 0.840. The number of aromatic nitrogens is 1. The number of nitrogens with zero attached hydrogens (tertiary/aromatic N) is 2. The lowest BCUT2D eigenvalue weighted by molar-refractivity contribution is 0.261. The summed E-state index contributed by atoms with van der Waals surface area (Å²) in [5.74, 6) is 0.892. The molecule has 20 heavy (non-hydrogen) atoms. The maximum absolute atomic E-state index is 5.72. The van der Waals surface area contributed by atoms with E-state index in [0.717, 1.165) is 30.1 Å². The van der Waals surface area contributed by atoms with E-state index in [1.54, 1.807) is 6.20 Å². The van der Waals surface area contributed by atoms with Crippen LogP contribution in [0.1, 0.15) is 5.56 Å². The maximum atomic E-state index is 5.72. The Morgan fingerprint density at radius 3 is 2.85 bits per heavy atom. The van der Waals surface area contributed by atoms with Gasteiger partial charge in [-0.2, -0.15) is 0 Å². The number of rotatable bonds is 7. The van der Waals surface area contributed by atoms with E-state index in [1.807, 2.05) is 50.6 Å². The van der Waals surface area contributed by atoms with Gasteiger partial charge in [-0.1, -0.05) is 12.1 Å². The lowest BCUT2D eigenvalue weighted by Gasteiger charge is -2.12. The summed E-state index contributed by atoms with van der Waals surface area (Å²) >= 11 is 0. The van der Waals surface area contributed by atoms with Crippen LogP contribution in [0.3, 0.4) is 0 Å². The number of hydrogen-bond acceptors (Lipinski definition) is 4. The van der Waals surface area contributed by atoms with Crippen molar-refractivity contribution in [3.8, 4) is 5.75 Å². The predicted octanol–water partition coefficient (Wildman–Crippen LogP) is 2.63. The van der Waals surface area contributed by atoms with Crippen molar-refractivity contribution >= 4 is 5.69 Å². The lowest BCUT2D eigenvalue weighted by Crippen LogP contribution is -2.19. The summed E-state index contributed by atoms with van der Waals surface area (Å²) < 4.78 is 5.72. The minimum atomic E-state index is 0.694. The van der Waals surface area contributed by atoms with Crippen molar-refractivity contribution in [2.24, 2.45) is 0 Å². The first-order chi connectivity index (χ1) is 9.74. The molecule has 0 atom stereocenters. The fourth-order valence-corrected chi connectivity index (χ4v) is 1.75. The Morgan fingerprint density at radius 1 is 1.20 bits per heavy atom. The van der Waals surface area contributed by atoms with Crippen molar-refractivity contribution in [3.05, 3.63) is 54.4 Å². The largest absolute Gasteiger partial charge is 0.492 e. The predicted molar refractivity (Wildman–Crippen MR) is 82.1 cm³/mol. The van der Waals surface area contributed by atoms with Crippen molar-refractivity contribution in [2.75, 3.05) is 32.6 Å². The van der Waals surface area contributed by atoms with Crippen LogP contribution in [-0.4, -0.2) is 37.1 Å². The van der Waals surface area contributed by atoms with E-state index >= 15 is 0 Å². The van der Waals surface area contributed by atoms with Crippen molar-refractivity contribution in [1.82, 2.24) is 9.88 Å². The summed E-state index contributed by atoms with van der Waals surface area (Å²) in [4.78, 5) is 6.20. The first-order valence-electron chi connectivity index (χ1n) is 6.74. The number of anilines is 1. The molecule has 1 N–H and O–H groups in total. The molecule has 0 unspecified atom stereocenters. The number of ether oxygens (including phenoxy) is 1. The Hall–Kier alpha value is -2.07. The average molecular weight is 271 g/mol. The van der Waals surface area contributed by atoms with E-state index < -0.39 is 0 Å². The van der Waals surface area contributed by atoms with Gasteiger partial charge >= 0.3 is 0 Å². The normalized spacial score (nSPS) is 10.6. The fourth-order valence-electron chi connectivity index (χ4n) is 1.75. The minimum absolute atomic E-state index is 0.694. The highest BCUT2D eigenvalue weighted by molar-refractivity contribution is 5.48. The Labute approximate surface area is 120 Å². The van der Waals surface area contributed by atoms with E-state index in [0.29, 0.717) is 6.61 Å². The molecule has 2 aromatic rings. The van der Waals surface area contributed by atoms with Gasteiger partial charge in [-0.3, -0.25) is 4.98 Å². The van der Waals surface area contributed by atoms with E-state index in [2.05, 4.69) is 21.3 Å². The van der Waals surface area contributed by atoms with Gasteiger partial charge in [0.1, 0.15) is 12.4 Å². The van der Waals surface area contributed by atoms with Gasteiger partial charge in [0.2, 0.25) is 0 Å². The van der Waals surface area contributed by atoms with Gasteiger partial charge in [-0.05, 0) is 37.9 Å². The Bertz CT molecular complexity index is 514. The zero-order valence-corrected chi connectivity index (χ0v) is 12.0. The molecule has 0 amide bonds. The maximum Gasteiger partial charge on any atom is 0.121 e. The molecule has 106 valence electrons. The van der Waals surface area contributed by atoms with Crippen LogP contribution in [0.2, 0.25) is 0 Å². The van der Waals surface area contributed by atoms with Gasteiger partial charge in [0.25, 0.3) is 0 Å². The molecule has 0 spiro atoms. The van der Waals surface area contributed by atoms with E-state index in [9.17, 15) is 0 Å². The van der Waals surface area contributed by atoms with E-state index in [1.165, 1.54) is 0 Å². The van der Waals surface area contributed by atoms with E-state index in [4.69, 9.17) is 4.74 Å². The SMILES string of the molecule is CN(C)CCOc1cccc(NCc2cccnc2)c1. The number of benzene rings is 1. The van der Waals surface area contributed by atoms with Crippen LogP contribution >= 0.6 is 0 Å². The third kappa shape index (κ3) is 4.90. The molecule has 4 nitrogen and oxygen atoms in total. The van der Waals surface area contributed by atoms with Crippen LogP contribution < -0.4 is 10.1 Å². The second-order valence-electron chi connectivity index (χ2n) is 4.89. The number of likely N-dealkylation sites (N-methyl/N-ethyl adjacent to an activating group) is 1. The summed E-state index contributed by atoms with van der Waals surface area (Å²) in [6, 6.07) is 12.0. The highest BCUT2D eigenvalue weighted by Crippen LogP contribution is 2.17. The van der Waals surface area contributed by atoms with Crippen LogP contribution in [0.15, 0.2) is 48.8 Å². The summed E-state index contributed by atoms with van der Waals surface area (Å²) in [7, 11) is 4.07. The zero-order valence-electron chi connectivity index (χ0n) is 12.0. The molecule has 0 aliphatic rings. The van der Waals surface area contributed by atoms with Crippen molar-refractivity contribution in [2.45, 2.75) is 6.54 Å². The fraction of sp³-hybridized carbons (Fsp3) is 0.312. The topological polar surface area (TPSA) is 37.4 Å². The Balaban J connectivity index is 1.86. The van der Waals surface area contributed by atoms with E-state index in [-0.39, 0.29) is 0 Å². The number of pyridine rings is 1.